The lowest BCUT2D eigenvalue weighted by molar-refractivity contribution is 0.0474. The van der Waals surface area contributed by atoms with Gasteiger partial charge in [-0.1, -0.05) is 18.2 Å². The highest BCUT2D eigenvalue weighted by Gasteiger charge is 2.15. The summed E-state index contributed by atoms with van der Waals surface area (Å²) in [5.41, 5.74) is 0.300. The molecular weight excluding hydrogens is 333 g/mol. The molecule has 0 spiro atoms. The van der Waals surface area contributed by atoms with Crippen molar-refractivity contribution < 1.29 is 23.1 Å². The molecule has 0 bridgehead atoms. The van der Waals surface area contributed by atoms with Crippen molar-refractivity contribution in [2.45, 2.75) is 6.61 Å². The minimum absolute atomic E-state index is 0.155. The molecule has 0 unspecified atom stereocenters. The summed E-state index contributed by atoms with van der Waals surface area (Å²) in [5, 5.41) is 3.10. The van der Waals surface area contributed by atoms with Crippen LogP contribution in [0.1, 0.15) is 25.8 Å². The van der Waals surface area contributed by atoms with E-state index in [0.717, 1.165) is 11.3 Å². The number of hydrogen-bond donors (Lipinski definition) is 1. The number of rotatable bonds is 5. The van der Waals surface area contributed by atoms with Crippen LogP contribution in [0.15, 0.2) is 59.2 Å². The van der Waals surface area contributed by atoms with E-state index in [0.29, 0.717) is 15.4 Å². The summed E-state index contributed by atoms with van der Waals surface area (Å²) in [4.78, 5) is 24.1. The third-order valence-electron chi connectivity index (χ3n) is 3.11. The zero-order valence-corrected chi connectivity index (χ0v) is 13.1. The molecule has 5 nitrogen and oxygen atoms in total. The Kier molecular flexibility index (Phi) is 4.72. The lowest BCUT2D eigenvalue weighted by atomic mass is 10.2. The minimum Gasteiger partial charge on any atom is -0.459 e. The van der Waals surface area contributed by atoms with Crippen LogP contribution in [-0.4, -0.2) is 11.9 Å². The smallest absolute Gasteiger partial charge is 0.348 e. The van der Waals surface area contributed by atoms with Gasteiger partial charge in [-0.05, 0) is 30.3 Å². The Hall–Kier alpha value is -2.93. The number of carbonyl (C=O) groups excluding carboxylic acids is 2. The molecule has 1 N–H and O–H groups in total. The second-order valence-corrected chi connectivity index (χ2v) is 5.85. The van der Waals surface area contributed by atoms with Crippen LogP contribution >= 0.6 is 11.3 Å². The highest BCUT2D eigenvalue weighted by Crippen LogP contribution is 2.24. The molecule has 0 aliphatic carbocycles. The van der Waals surface area contributed by atoms with Gasteiger partial charge in [-0.2, -0.15) is 0 Å². The number of thiophene rings is 1. The number of esters is 1. The summed E-state index contributed by atoms with van der Waals surface area (Å²) < 4.78 is 23.6. The van der Waals surface area contributed by atoms with E-state index in [1.54, 1.807) is 30.3 Å². The molecular formula is C17H12FNO4S. The number of nitrogens with one attached hydrogen (secondary N) is 1. The highest BCUT2D eigenvalue weighted by atomic mass is 32.1. The van der Waals surface area contributed by atoms with Crippen molar-refractivity contribution in [2.75, 3.05) is 5.32 Å². The fraction of sp³-hybridized carbons (Fsp3) is 0.0588. The van der Waals surface area contributed by atoms with Crippen LogP contribution in [0.2, 0.25) is 0 Å². The molecule has 0 atom stereocenters. The average Bonchev–Trinajstić information content (AvgIpc) is 3.25. The van der Waals surface area contributed by atoms with Crippen molar-refractivity contribution in [1.29, 1.82) is 0 Å². The molecule has 0 radical (unpaired) electrons. The average molecular weight is 345 g/mol. The number of carbonyl (C=O) groups is 2. The summed E-state index contributed by atoms with van der Waals surface area (Å²) in [6.45, 7) is -0.155. The van der Waals surface area contributed by atoms with Gasteiger partial charge in [0.15, 0.2) is 5.76 Å². The van der Waals surface area contributed by atoms with Gasteiger partial charge in [-0.3, -0.25) is 4.79 Å². The molecule has 7 heteroatoms. The number of furan rings is 1. The molecule has 0 aliphatic rings. The van der Waals surface area contributed by atoms with Gasteiger partial charge < -0.3 is 14.5 Å². The summed E-state index contributed by atoms with van der Waals surface area (Å²) in [7, 11) is 0. The number of ether oxygens (including phenoxy) is 1. The summed E-state index contributed by atoms with van der Waals surface area (Å²) in [6, 6.07) is 12.3. The molecule has 0 fully saturated rings. The standard InChI is InChI=1S/C17H12FNO4S/c18-12-5-2-1-4-11(12)10-23-17(21)14-7-8-15(24-14)19-16(20)13-6-3-9-22-13/h1-9H,10H2,(H,19,20). The van der Waals surface area contributed by atoms with Crippen molar-refractivity contribution in [1.82, 2.24) is 0 Å². The first-order valence-electron chi connectivity index (χ1n) is 6.99. The first kappa shape index (κ1) is 15.9. The number of hydrogen-bond acceptors (Lipinski definition) is 5. The van der Waals surface area contributed by atoms with E-state index in [1.165, 1.54) is 24.5 Å². The number of amides is 1. The normalized spacial score (nSPS) is 10.4. The van der Waals surface area contributed by atoms with Crippen LogP contribution in [0.4, 0.5) is 9.39 Å². The third kappa shape index (κ3) is 3.69. The van der Waals surface area contributed by atoms with Crippen molar-refractivity contribution in [3.05, 3.63) is 76.8 Å². The quantitative estimate of drug-likeness (QED) is 0.707. The summed E-state index contributed by atoms with van der Waals surface area (Å²) in [6.07, 6.45) is 1.40. The van der Waals surface area contributed by atoms with Gasteiger partial charge in [-0.25, -0.2) is 9.18 Å². The molecule has 1 amide bonds. The maximum absolute atomic E-state index is 13.5. The van der Waals surface area contributed by atoms with E-state index in [4.69, 9.17) is 9.15 Å². The topological polar surface area (TPSA) is 68.5 Å². The lowest BCUT2D eigenvalue weighted by Gasteiger charge is -2.04. The highest BCUT2D eigenvalue weighted by molar-refractivity contribution is 7.18. The van der Waals surface area contributed by atoms with Crippen molar-refractivity contribution in [3.8, 4) is 0 Å². The number of halogens is 1. The molecule has 0 saturated carbocycles. The first-order valence-corrected chi connectivity index (χ1v) is 7.80. The monoisotopic (exact) mass is 345 g/mol. The van der Waals surface area contributed by atoms with Crippen molar-refractivity contribution in [3.63, 3.8) is 0 Å². The van der Waals surface area contributed by atoms with Gasteiger partial charge in [0.25, 0.3) is 5.91 Å². The van der Waals surface area contributed by atoms with Gasteiger partial charge >= 0.3 is 5.97 Å². The minimum atomic E-state index is -0.582. The summed E-state index contributed by atoms with van der Waals surface area (Å²) >= 11 is 1.06. The van der Waals surface area contributed by atoms with Crippen molar-refractivity contribution in [2.24, 2.45) is 0 Å². The zero-order valence-electron chi connectivity index (χ0n) is 12.3. The lowest BCUT2D eigenvalue weighted by Crippen LogP contribution is -2.09. The van der Waals surface area contributed by atoms with Gasteiger partial charge in [0.2, 0.25) is 0 Å². The van der Waals surface area contributed by atoms with Crippen LogP contribution in [-0.2, 0) is 11.3 Å². The Balaban J connectivity index is 1.59. The molecule has 0 saturated heterocycles. The Morgan fingerprint density at radius 1 is 1.12 bits per heavy atom. The Labute approximate surface area is 140 Å². The predicted octanol–water partition coefficient (Wildman–Crippen LogP) is 4.09. The third-order valence-corrected chi connectivity index (χ3v) is 4.09. The van der Waals surface area contributed by atoms with E-state index in [2.05, 4.69) is 5.32 Å². The molecule has 3 rings (SSSR count). The van der Waals surface area contributed by atoms with Gasteiger partial charge in [-0.15, -0.1) is 11.3 Å². The molecule has 3 aromatic rings. The molecule has 122 valence electrons. The van der Waals surface area contributed by atoms with Crippen LogP contribution in [0, 0.1) is 5.82 Å². The summed E-state index contributed by atoms with van der Waals surface area (Å²) in [5.74, 6) is -1.25. The Morgan fingerprint density at radius 3 is 2.71 bits per heavy atom. The van der Waals surface area contributed by atoms with E-state index >= 15 is 0 Å². The Bertz CT molecular complexity index is 857. The van der Waals surface area contributed by atoms with Crippen LogP contribution in [0.5, 0.6) is 0 Å². The van der Waals surface area contributed by atoms with E-state index in [1.807, 2.05) is 0 Å². The van der Waals surface area contributed by atoms with E-state index < -0.39 is 17.7 Å². The maximum Gasteiger partial charge on any atom is 0.348 e. The van der Waals surface area contributed by atoms with E-state index in [9.17, 15) is 14.0 Å². The van der Waals surface area contributed by atoms with E-state index in [-0.39, 0.29) is 12.4 Å². The second-order valence-electron chi connectivity index (χ2n) is 4.76. The van der Waals surface area contributed by atoms with Gasteiger partial charge in [0, 0.05) is 5.56 Å². The van der Waals surface area contributed by atoms with Crippen LogP contribution in [0.3, 0.4) is 0 Å². The molecule has 2 aromatic heterocycles. The second kappa shape index (κ2) is 7.10. The molecule has 1 aromatic carbocycles. The number of anilines is 1. The predicted molar refractivity (Wildman–Crippen MR) is 86.5 cm³/mol. The zero-order chi connectivity index (χ0) is 16.9. The molecule has 24 heavy (non-hydrogen) atoms. The maximum atomic E-state index is 13.5. The van der Waals surface area contributed by atoms with Gasteiger partial charge in [0.1, 0.15) is 17.3 Å². The van der Waals surface area contributed by atoms with Crippen molar-refractivity contribution >= 4 is 28.2 Å². The SMILES string of the molecule is O=C(Nc1ccc(C(=O)OCc2ccccc2F)s1)c1ccco1. The molecule has 2 heterocycles. The first-order chi connectivity index (χ1) is 11.6. The van der Waals surface area contributed by atoms with Gasteiger partial charge in [0.05, 0.1) is 11.3 Å². The van der Waals surface area contributed by atoms with Crippen LogP contribution < -0.4 is 5.32 Å². The largest absolute Gasteiger partial charge is 0.459 e. The fourth-order valence-corrected chi connectivity index (χ4v) is 2.72. The van der Waals surface area contributed by atoms with Crippen LogP contribution in [0.25, 0.3) is 0 Å². The Morgan fingerprint density at radius 2 is 1.96 bits per heavy atom. The molecule has 0 aliphatic heterocycles. The fourth-order valence-electron chi connectivity index (χ4n) is 1.93. The number of benzene rings is 1.